The van der Waals surface area contributed by atoms with Crippen LogP contribution in [0.1, 0.15) is 58.9 Å². The summed E-state index contributed by atoms with van der Waals surface area (Å²) in [7, 11) is 0. The molecule has 0 aliphatic carbocycles. The third-order valence-corrected chi connectivity index (χ3v) is 6.00. The van der Waals surface area contributed by atoms with Crippen LogP contribution in [-0.4, -0.2) is 47.5 Å². The van der Waals surface area contributed by atoms with Gasteiger partial charge in [-0.05, 0) is 55.9 Å². The summed E-state index contributed by atoms with van der Waals surface area (Å²) in [5.41, 5.74) is 0.841. The first-order valence-corrected chi connectivity index (χ1v) is 12.4. The van der Waals surface area contributed by atoms with Crippen LogP contribution in [0.3, 0.4) is 0 Å². The molecule has 2 rings (SSSR count). The largest absolute Gasteiger partial charge is 0.490 e. The van der Waals surface area contributed by atoms with Gasteiger partial charge in [0.25, 0.3) is 5.91 Å². The van der Waals surface area contributed by atoms with Crippen molar-refractivity contribution in [2.45, 2.75) is 53.4 Å². The van der Waals surface area contributed by atoms with Crippen LogP contribution >= 0.6 is 24.0 Å². The molecule has 1 aliphatic heterocycles. The topological polar surface area (TPSA) is 65.1 Å². The zero-order chi connectivity index (χ0) is 23.5. The zero-order valence-electron chi connectivity index (χ0n) is 19.3. The van der Waals surface area contributed by atoms with Crippen molar-refractivity contribution in [3.8, 4) is 11.5 Å². The van der Waals surface area contributed by atoms with Gasteiger partial charge in [0.1, 0.15) is 4.32 Å². The van der Waals surface area contributed by atoms with Gasteiger partial charge >= 0.3 is 5.97 Å². The summed E-state index contributed by atoms with van der Waals surface area (Å²) in [6.07, 6.45) is 4.36. The minimum absolute atomic E-state index is 0.142. The fourth-order valence-electron chi connectivity index (χ4n) is 2.92. The van der Waals surface area contributed by atoms with Crippen molar-refractivity contribution in [3.05, 3.63) is 28.7 Å². The van der Waals surface area contributed by atoms with Crippen LogP contribution in [0.5, 0.6) is 11.5 Å². The van der Waals surface area contributed by atoms with Gasteiger partial charge in [0.2, 0.25) is 0 Å². The van der Waals surface area contributed by atoms with E-state index in [0.29, 0.717) is 59.4 Å². The highest BCUT2D eigenvalue weighted by Gasteiger charge is 2.31. The number of carbonyl (C=O) groups is 2. The molecule has 0 spiro atoms. The maximum absolute atomic E-state index is 12.8. The molecular formula is C24H33NO5S2. The van der Waals surface area contributed by atoms with Gasteiger partial charge in [0.05, 0.1) is 24.7 Å². The molecule has 0 unspecified atom stereocenters. The van der Waals surface area contributed by atoms with Crippen molar-refractivity contribution in [2.24, 2.45) is 5.92 Å². The third kappa shape index (κ3) is 8.13. The lowest BCUT2D eigenvalue weighted by atomic mass is 10.1. The second-order valence-corrected chi connectivity index (χ2v) is 9.50. The Balaban J connectivity index is 2.02. The summed E-state index contributed by atoms with van der Waals surface area (Å²) >= 11 is 6.65. The van der Waals surface area contributed by atoms with E-state index in [1.54, 1.807) is 4.90 Å². The van der Waals surface area contributed by atoms with E-state index in [1.807, 2.05) is 38.1 Å². The molecule has 32 heavy (non-hydrogen) atoms. The first-order chi connectivity index (χ1) is 15.3. The van der Waals surface area contributed by atoms with E-state index in [-0.39, 0.29) is 18.3 Å². The van der Waals surface area contributed by atoms with Crippen LogP contribution in [0.25, 0.3) is 6.08 Å². The number of thiocarbonyl (C=S) groups is 1. The highest BCUT2D eigenvalue weighted by Crippen LogP contribution is 2.35. The number of amides is 1. The number of hydrogen-bond acceptors (Lipinski definition) is 7. The number of nitrogens with zero attached hydrogens (tertiary/aromatic N) is 1. The zero-order valence-corrected chi connectivity index (χ0v) is 21.0. The number of rotatable bonds is 13. The third-order valence-electron chi connectivity index (χ3n) is 4.62. The molecule has 1 aromatic rings. The Morgan fingerprint density at radius 3 is 2.66 bits per heavy atom. The first-order valence-electron chi connectivity index (χ1n) is 11.2. The van der Waals surface area contributed by atoms with E-state index in [1.165, 1.54) is 11.8 Å². The van der Waals surface area contributed by atoms with Gasteiger partial charge in [-0.1, -0.05) is 50.8 Å². The molecule has 1 aromatic carbocycles. The highest BCUT2D eigenvalue weighted by molar-refractivity contribution is 8.26. The monoisotopic (exact) mass is 479 g/mol. The number of carbonyl (C=O) groups excluding carboxylic acids is 2. The predicted molar refractivity (Wildman–Crippen MR) is 133 cm³/mol. The van der Waals surface area contributed by atoms with E-state index >= 15 is 0 Å². The maximum atomic E-state index is 12.8. The Kier molecular flexibility index (Phi) is 11.0. The highest BCUT2D eigenvalue weighted by atomic mass is 32.2. The molecule has 1 heterocycles. The minimum atomic E-state index is -0.244. The predicted octanol–water partition coefficient (Wildman–Crippen LogP) is 5.44. The molecule has 8 heteroatoms. The van der Waals surface area contributed by atoms with Crippen LogP contribution in [0.2, 0.25) is 0 Å². The summed E-state index contributed by atoms with van der Waals surface area (Å²) in [4.78, 5) is 26.6. The number of thioether (sulfide) groups is 1. The van der Waals surface area contributed by atoms with Gasteiger partial charge in [0.15, 0.2) is 11.5 Å². The maximum Gasteiger partial charge on any atom is 0.305 e. The lowest BCUT2D eigenvalue weighted by Gasteiger charge is -2.14. The van der Waals surface area contributed by atoms with E-state index in [0.717, 1.165) is 18.4 Å². The van der Waals surface area contributed by atoms with E-state index < -0.39 is 0 Å². The molecule has 1 amide bonds. The Hall–Kier alpha value is -2.06. The first kappa shape index (κ1) is 26.2. The summed E-state index contributed by atoms with van der Waals surface area (Å²) in [5.74, 6) is 1.54. The lowest BCUT2D eigenvalue weighted by molar-refractivity contribution is -0.144. The molecule has 6 nitrogen and oxygen atoms in total. The standard InChI is InChI=1S/C24H33NO5S2/c1-5-13-30-22(26)8-7-12-25-23(27)21(32-24(25)31)16-18-9-10-19(20(15-18)28-6-2)29-14-11-17(3)4/h9-10,15-17H,5-8,11-14H2,1-4H3/b21-16+. The Labute approximate surface area is 200 Å². The Bertz CT molecular complexity index is 838. The minimum Gasteiger partial charge on any atom is -0.490 e. The van der Waals surface area contributed by atoms with Crippen LogP contribution in [0, 0.1) is 5.92 Å². The molecule has 0 N–H and O–H groups in total. The average Bonchev–Trinajstić information content (AvgIpc) is 3.01. The number of ether oxygens (including phenoxy) is 3. The SMILES string of the molecule is CCCOC(=O)CCCN1C(=O)/C(=C\c2ccc(OCCC(C)C)c(OCC)c2)SC1=S. The fraction of sp³-hybridized carbons (Fsp3) is 0.542. The van der Waals surface area contributed by atoms with Gasteiger partial charge < -0.3 is 14.2 Å². The lowest BCUT2D eigenvalue weighted by Crippen LogP contribution is -2.29. The second-order valence-electron chi connectivity index (χ2n) is 7.83. The number of esters is 1. The van der Waals surface area contributed by atoms with Crippen molar-refractivity contribution in [1.29, 1.82) is 0 Å². The van der Waals surface area contributed by atoms with Crippen LogP contribution in [0.15, 0.2) is 23.1 Å². The normalized spacial score (nSPS) is 15.0. The van der Waals surface area contributed by atoms with E-state index in [9.17, 15) is 9.59 Å². The van der Waals surface area contributed by atoms with Gasteiger partial charge in [-0.3, -0.25) is 14.5 Å². The molecule has 176 valence electrons. The van der Waals surface area contributed by atoms with Crippen molar-refractivity contribution in [3.63, 3.8) is 0 Å². The van der Waals surface area contributed by atoms with Gasteiger partial charge in [-0.15, -0.1) is 0 Å². The van der Waals surface area contributed by atoms with E-state index in [2.05, 4.69) is 13.8 Å². The van der Waals surface area contributed by atoms with Crippen molar-refractivity contribution in [1.82, 2.24) is 4.90 Å². The van der Waals surface area contributed by atoms with Crippen LogP contribution < -0.4 is 9.47 Å². The second kappa shape index (κ2) is 13.5. The Morgan fingerprint density at radius 1 is 1.19 bits per heavy atom. The van der Waals surface area contributed by atoms with Crippen molar-refractivity contribution >= 4 is 46.3 Å². The molecule has 0 radical (unpaired) electrons. The van der Waals surface area contributed by atoms with Gasteiger partial charge in [-0.25, -0.2) is 0 Å². The van der Waals surface area contributed by atoms with Crippen LogP contribution in [0.4, 0.5) is 0 Å². The summed E-state index contributed by atoms with van der Waals surface area (Å²) in [5, 5.41) is 0. The Morgan fingerprint density at radius 2 is 1.97 bits per heavy atom. The quantitative estimate of drug-likeness (QED) is 0.212. The number of benzene rings is 1. The molecule has 1 fully saturated rings. The molecule has 0 aromatic heterocycles. The smallest absolute Gasteiger partial charge is 0.305 e. The van der Waals surface area contributed by atoms with Crippen LogP contribution in [-0.2, 0) is 14.3 Å². The fourth-order valence-corrected chi connectivity index (χ4v) is 4.23. The van der Waals surface area contributed by atoms with Gasteiger partial charge in [0, 0.05) is 13.0 Å². The number of hydrogen-bond donors (Lipinski definition) is 0. The molecular weight excluding hydrogens is 446 g/mol. The van der Waals surface area contributed by atoms with Gasteiger partial charge in [-0.2, -0.15) is 0 Å². The molecule has 1 aliphatic rings. The summed E-state index contributed by atoms with van der Waals surface area (Å²) in [6.45, 7) is 10.2. The molecule has 1 saturated heterocycles. The van der Waals surface area contributed by atoms with E-state index in [4.69, 9.17) is 26.4 Å². The summed E-state index contributed by atoms with van der Waals surface area (Å²) < 4.78 is 17.2. The average molecular weight is 480 g/mol. The molecule has 0 bridgehead atoms. The van der Waals surface area contributed by atoms with Crippen molar-refractivity contribution in [2.75, 3.05) is 26.4 Å². The molecule has 0 atom stereocenters. The molecule has 0 saturated carbocycles. The summed E-state index contributed by atoms with van der Waals surface area (Å²) in [6, 6.07) is 5.66. The van der Waals surface area contributed by atoms with Crippen molar-refractivity contribution < 1.29 is 23.8 Å².